The first-order valence-corrected chi connectivity index (χ1v) is 7.57. The second-order valence-corrected chi connectivity index (χ2v) is 6.91. The number of aryl methyl sites for hydroxylation is 2. The predicted octanol–water partition coefficient (Wildman–Crippen LogP) is 0.0877. The lowest BCUT2D eigenvalue weighted by Crippen LogP contribution is -2.44. The fourth-order valence-corrected chi connectivity index (χ4v) is 1.87. The summed E-state index contributed by atoms with van der Waals surface area (Å²) in [6.07, 6.45) is 1.11. The van der Waals surface area contributed by atoms with Gasteiger partial charge in [-0.2, -0.15) is 0 Å². The van der Waals surface area contributed by atoms with Crippen molar-refractivity contribution in [2.45, 2.75) is 58.7 Å². The maximum Gasteiger partial charge on any atom is 0.488 e. The highest BCUT2D eigenvalue weighted by atomic mass is 16.4. The first-order valence-electron chi connectivity index (χ1n) is 7.57. The number of rotatable bonds is 2. The maximum atomic E-state index is 11.2. The van der Waals surface area contributed by atoms with E-state index in [0.29, 0.717) is 18.3 Å². The molecule has 7 heteroatoms. The zero-order chi connectivity index (χ0) is 18.0. The van der Waals surface area contributed by atoms with Crippen molar-refractivity contribution < 1.29 is 25.1 Å². The fourth-order valence-electron chi connectivity index (χ4n) is 1.87. The standard InChI is InChI=1S/C10H12BNO3.C6H14O2/c1-6-4-8(11(14)15)5-7-2-3-9(13)12-10(6)7;1-5(2,7)6(3,4)8/h4-5,14-15H,2-3H2,1H3,(H,12,13);7-8H,1-4H3. The summed E-state index contributed by atoms with van der Waals surface area (Å²) in [5.41, 5.74) is 1.11. The summed E-state index contributed by atoms with van der Waals surface area (Å²) in [5.74, 6) is 0.0166. The van der Waals surface area contributed by atoms with E-state index in [-0.39, 0.29) is 5.91 Å². The Morgan fingerprint density at radius 3 is 2.00 bits per heavy atom. The molecule has 23 heavy (non-hydrogen) atoms. The Balaban J connectivity index is 0.000000284. The van der Waals surface area contributed by atoms with E-state index in [0.717, 1.165) is 16.8 Å². The zero-order valence-electron chi connectivity index (χ0n) is 14.3. The maximum absolute atomic E-state index is 11.2. The van der Waals surface area contributed by atoms with Gasteiger partial charge in [0.05, 0.1) is 11.2 Å². The predicted molar refractivity (Wildman–Crippen MR) is 90.6 cm³/mol. The van der Waals surface area contributed by atoms with Gasteiger partial charge in [-0.1, -0.05) is 12.1 Å². The molecule has 5 N–H and O–H groups in total. The number of amides is 1. The van der Waals surface area contributed by atoms with E-state index >= 15 is 0 Å². The molecule has 0 radical (unpaired) electrons. The van der Waals surface area contributed by atoms with Gasteiger partial charge in [0.1, 0.15) is 0 Å². The van der Waals surface area contributed by atoms with Gasteiger partial charge in [0, 0.05) is 12.1 Å². The molecule has 1 aromatic carbocycles. The van der Waals surface area contributed by atoms with Crippen LogP contribution in [0.2, 0.25) is 0 Å². The third-order valence-corrected chi connectivity index (χ3v) is 4.12. The van der Waals surface area contributed by atoms with Crippen molar-refractivity contribution in [2.24, 2.45) is 0 Å². The van der Waals surface area contributed by atoms with Crippen molar-refractivity contribution in [3.8, 4) is 0 Å². The number of carbonyl (C=O) groups excluding carboxylic acids is 1. The third kappa shape index (κ3) is 5.32. The monoisotopic (exact) mass is 323 g/mol. The molecule has 0 saturated heterocycles. The molecular weight excluding hydrogens is 297 g/mol. The Morgan fingerprint density at radius 2 is 1.57 bits per heavy atom. The second-order valence-electron chi connectivity index (χ2n) is 6.91. The number of anilines is 1. The molecule has 1 aliphatic rings. The van der Waals surface area contributed by atoms with E-state index in [1.165, 1.54) is 0 Å². The van der Waals surface area contributed by atoms with E-state index < -0.39 is 18.3 Å². The van der Waals surface area contributed by atoms with Gasteiger partial charge >= 0.3 is 7.12 Å². The number of hydrogen-bond donors (Lipinski definition) is 5. The molecule has 0 unspecified atom stereocenters. The molecule has 0 spiro atoms. The number of hydrogen-bond acceptors (Lipinski definition) is 5. The Kier molecular flexibility index (Phi) is 5.98. The molecular formula is C16H26BNO5. The minimum Gasteiger partial charge on any atom is -0.423 e. The fraction of sp³-hybridized carbons (Fsp3) is 0.562. The molecule has 1 heterocycles. The van der Waals surface area contributed by atoms with Gasteiger partial charge in [-0.15, -0.1) is 0 Å². The van der Waals surface area contributed by atoms with Gasteiger partial charge in [0.25, 0.3) is 0 Å². The minimum atomic E-state index is -1.45. The van der Waals surface area contributed by atoms with E-state index in [1.807, 2.05) is 6.92 Å². The van der Waals surface area contributed by atoms with Crippen LogP contribution >= 0.6 is 0 Å². The lowest BCUT2D eigenvalue weighted by Gasteiger charge is -2.31. The number of benzene rings is 1. The lowest BCUT2D eigenvalue weighted by atomic mass is 9.77. The normalized spacial score (nSPS) is 14.4. The van der Waals surface area contributed by atoms with Crippen LogP contribution in [0.15, 0.2) is 12.1 Å². The summed E-state index contributed by atoms with van der Waals surface area (Å²) < 4.78 is 0. The van der Waals surface area contributed by atoms with Crippen LogP contribution in [-0.2, 0) is 11.2 Å². The highest BCUT2D eigenvalue weighted by molar-refractivity contribution is 6.58. The van der Waals surface area contributed by atoms with Crippen molar-refractivity contribution in [1.82, 2.24) is 0 Å². The van der Waals surface area contributed by atoms with Gasteiger partial charge in [-0.3, -0.25) is 4.79 Å². The van der Waals surface area contributed by atoms with Crippen LogP contribution < -0.4 is 10.8 Å². The van der Waals surface area contributed by atoms with Crippen LogP contribution in [0.3, 0.4) is 0 Å². The summed E-state index contributed by atoms with van der Waals surface area (Å²) in [5, 5.41) is 39.1. The summed E-state index contributed by atoms with van der Waals surface area (Å²) in [7, 11) is -1.45. The molecule has 6 nitrogen and oxygen atoms in total. The van der Waals surface area contributed by atoms with Crippen LogP contribution in [0.5, 0.6) is 0 Å². The Bertz CT molecular complexity index is 561. The molecule has 0 fully saturated rings. The molecule has 128 valence electrons. The van der Waals surface area contributed by atoms with Crippen LogP contribution in [0.4, 0.5) is 5.69 Å². The van der Waals surface area contributed by atoms with Crippen LogP contribution in [0.25, 0.3) is 0 Å². The molecule has 1 aliphatic heterocycles. The van der Waals surface area contributed by atoms with E-state index in [2.05, 4.69) is 5.32 Å². The summed E-state index contributed by atoms with van der Waals surface area (Å²) in [4.78, 5) is 11.2. The van der Waals surface area contributed by atoms with Gasteiger partial charge in [-0.25, -0.2) is 0 Å². The van der Waals surface area contributed by atoms with Crippen LogP contribution in [0.1, 0.15) is 45.2 Å². The minimum absolute atomic E-state index is 0.0166. The highest BCUT2D eigenvalue weighted by Crippen LogP contribution is 2.25. The Hall–Kier alpha value is -1.41. The summed E-state index contributed by atoms with van der Waals surface area (Å²) >= 11 is 0. The van der Waals surface area contributed by atoms with Gasteiger partial charge in [0.2, 0.25) is 5.91 Å². The van der Waals surface area contributed by atoms with Crippen molar-refractivity contribution in [1.29, 1.82) is 0 Å². The molecule has 2 rings (SSSR count). The third-order valence-electron chi connectivity index (χ3n) is 4.12. The van der Waals surface area contributed by atoms with E-state index in [4.69, 9.17) is 20.3 Å². The average Bonchev–Trinajstić information content (AvgIpc) is 2.37. The van der Waals surface area contributed by atoms with Crippen molar-refractivity contribution in [3.05, 3.63) is 23.3 Å². The van der Waals surface area contributed by atoms with Crippen LogP contribution in [-0.4, -0.2) is 44.5 Å². The average molecular weight is 323 g/mol. The largest absolute Gasteiger partial charge is 0.488 e. The number of fused-ring (bicyclic) bond motifs is 1. The van der Waals surface area contributed by atoms with Crippen LogP contribution in [0, 0.1) is 6.92 Å². The first kappa shape index (κ1) is 19.6. The molecule has 0 aliphatic carbocycles. The molecule has 0 atom stereocenters. The van der Waals surface area contributed by atoms with Gasteiger partial charge in [-0.05, 0) is 57.6 Å². The molecule has 1 amide bonds. The van der Waals surface area contributed by atoms with E-state index in [9.17, 15) is 4.79 Å². The second kappa shape index (κ2) is 7.01. The highest BCUT2D eigenvalue weighted by Gasteiger charge is 2.31. The Morgan fingerprint density at radius 1 is 1.04 bits per heavy atom. The Labute approximate surface area is 137 Å². The number of carbonyl (C=O) groups is 1. The van der Waals surface area contributed by atoms with Crippen molar-refractivity contribution >= 4 is 24.2 Å². The molecule has 0 saturated carbocycles. The first-order chi connectivity index (χ1) is 10.3. The van der Waals surface area contributed by atoms with Gasteiger partial charge in [0.15, 0.2) is 0 Å². The zero-order valence-corrected chi connectivity index (χ0v) is 14.3. The summed E-state index contributed by atoms with van der Waals surface area (Å²) in [6.45, 7) is 8.15. The molecule has 0 aromatic heterocycles. The smallest absolute Gasteiger partial charge is 0.423 e. The van der Waals surface area contributed by atoms with Crippen molar-refractivity contribution in [2.75, 3.05) is 5.32 Å². The molecule has 0 bridgehead atoms. The summed E-state index contributed by atoms with van der Waals surface area (Å²) in [6, 6.07) is 3.40. The molecule has 1 aromatic rings. The SMILES string of the molecule is CC(C)(O)C(C)(C)O.Cc1cc(B(O)O)cc2c1NC(=O)CC2. The topological polar surface area (TPSA) is 110 Å². The number of nitrogens with one attached hydrogen (secondary N) is 1. The van der Waals surface area contributed by atoms with E-state index in [1.54, 1.807) is 39.8 Å². The quantitative estimate of drug-likeness (QED) is 0.496. The number of aliphatic hydroxyl groups is 2. The lowest BCUT2D eigenvalue weighted by molar-refractivity contribution is -0.116. The van der Waals surface area contributed by atoms with Gasteiger partial charge < -0.3 is 25.6 Å². The van der Waals surface area contributed by atoms with Crippen molar-refractivity contribution in [3.63, 3.8) is 0 Å².